The Bertz CT molecular complexity index is 1370. The Balaban J connectivity index is 1.72. The van der Waals surface area contributed by atoms with E-state index in [1.54, 1.807) is 18.2 Å². The van der Waals surface area contributed by atoms with Gasteiger partial charge in [0.15, 0.2) is 11.5 Å². The van der Waals surface area contributed by atoms with Crippen molar-refractivity contribution in [2.45, 2.75) is 17.7 Å². The van der Waals surface area contributed by atoms with Crippen LogP contribution < -0.4 is 14.8 Å². The van der Waals surface area contributed by atoms with Gasteiger partial charge in [0.25, 0.3) is 0 Å². The van der Waals surface area contributed by atoms with Crippen LogP contribution in [-0.4, -0.2) is 52.1 Å². The van der Waals surface area contributed by atoms with Crippen LogP contribution in [0.3, 0.4) is 0 Å². The number of hydrogen-bond donors (Lipinski definition) is 1. The Morgan fingerprint density at radius 3 is 2.41 bits per heavy atom. The minimum Gasteiger partial charge on any atom is -0.493 e. The number of allylic oxidation sites excluding steroid dienone is 1. The van der Waals surface area contributed by atoms with Crippen molar-refractivity contribution < 1.29 is 32.2 Å². The molecule has 0 saturated carbocycles. The van der Waals surface area contributed by atoms with Crippen molar-refractivity contribution in [1.82, 2.24) is 4.31 Å². The predicted molar refractivity (Wildman–Crippen MR) is 132 cm³/mol. The topological polar surface area (TPSA) is 159 Å². The monoisotopic (exact) mass is 524 g/mol. The number of benzene rings is 2. The lowest BCUT2D eigenvalue weighted by molar-refractivity contribution is -0.140. The zero-order valence-corrected chi connectivity index (χ0v) is 20.9. The van der Waals surface area contributed by atoms with Gasteiger partial charge in [-0.15, -0.1) is 0 Å². The molecule has 0 aromatic heterocycles. The van der Waals surface area contributed by atoms with Gasteiger partial charge in [0, 0.05) is 18.8 Å². The zero-order valence-electron chi connectivity index (χ0n) is 20.1. The maximum absolute atomic E-state index is 13.2. The van der Waals surface area contributed by atoms with E-state index in [1.165, 1.54) is 61.0 Å². The summed E-state index contributed by atoms with van der Waals surface area (Å²) < 4.78 is 42.9. The quantitative estimate of drug-likeness (QED) is 0.326. The maximum atomic E-state index is 13.2. The highest BCUT2D eigenvalue weighted by Gasteiger charge is 2.34. The van der Waals surface area contributed by atoms with Crippen LogP contribution in [0.15, 0.2) is 52.9 Å². The Morgan fingerprint density at radius 2 is 1.78 bits per heavy atom. The lowest BCUT2D eigenvalue weighted by Crippen LogP contribution is -2.43. The number of carbonyl (C=O) groups is 2. The third kappa shape index (κ3) is 6.64. The summed E-state index contributed by atoms with van der Waals surface area (Å²) in [5.41, 5.74) is 0.792. The third-order valence-electron chi connectivity index (χ3n) is 5.59. The minimum absolute atomic E-state index is 0.0244. The lowest BCUT2D eigenvalue weighted by atomic mass is 10.00. The molecule has 12 heteroatoms. The number of ether oxygens (including phenoxy) is 3. The van der Waals surface area contributed by atoms with E-state index in [0.717, 1.165) is 0 Å². The molecule has 1 N–H and O–H groups in total. The van der Waals surface area contributed by atoms with Gasteiger partial charge in [0.2, 0.25) is 10.0 Å². The van der Waals surface area contributed by atoms with E-state index in [4.69, 9.17) is 20.0 Å². The van der Waals surface area contributed by atoms with Gasteiger partial charge in [-0.25, -0.2) is 13.2 Å². The van der Waals surface area contributed by atoms with Crippen molar-refractivity contribution in [3.05, 3.63) is 53.6 Å². The molecule has 3 rings (SSSR count). The van der Waals surface area contributed by atoms with Crippen LogP contribution in [0.25, 0.3) is 6.08 Å². The number of methoxy groups -OCH3 is 2. The molecule has 2 aromatic carbocycles. The highest BCUT2D eigenvalue weighted by Crippen LogP contribution is 2.31. The van der Waals surface area contributed by atoms with Gasteiger partial charge in [-0.05, 0) is 60.9 Å². The van der Waals surface area contributed by atoms with E-state index in [9.17, 15) is 18.0 Å². The molecule has 1 saturated heterocycles. The fourth-order valence-electron chi connectivity index (χ4n) is 3.69. The van der Waals surface area contributed by atoms with Crippen LogP contribution >= 0.6 is 0 Å². The van der Waals surface area contributed by atoms with E-state index < -0.39 is 28.0 Å². The summed E-state index contributed by atoms with van der Waals surface area (Å²) in [4.78, 5) is 24.3. The first-order valence-electron chi connectivity index (χ1n) is 11.1. The number of rotatable bonds is 7. The number of carbonyl (C=O) groups excluding carboxylic acids is 2. The standard InChI is InChI=1S/C25H24N4O7S/c1-34-23-13-17(12-18(14-26)15-27)5-10-22(23)36-24(30)19-4-3-11-29(16-19)37(32,33)21-8-6-20(7-9-21)28-25(31)35-2/h5-10,12-13,19H,3-4,11,16H2,1-2H3,(H,28,31). The summed E-state index contributed by atoms with van der Waals surface area (Å²) >= 11 is 0. The smallest absolute Gasteiger partial charge is 0.411 e. The van der Waals surface area contributed by atoms with Gasteiger partial charge in [0.1, 0.15) is 17.7 Å². The van der Waals surface area contributed by atoms with E-state index in [1.807, 2.05) is 0 Å². The number of sulfonamides is 1. The van der Waals surface area contributed by atoms with Crippen LogP contribution in [0.1, 0.15) is 18.4 Å². The predicted octanol–water partition coefficient (Wildman–Crippen LogP) is 3.31. The number of esters is 1. The van der Waals surface area contributed by atoms with Crippen LogP contribution in [0.4, 0.5) is 10.5 Å². The minimum atomic E-state index is -3.89. The van der Waals surface area contributed by atoms with E-state index in [0.29, 0.717) is 24.1 Å². The number of nitrogens with zero attached hydrogens (tertiary/aromatic N) is 3. The second-order valence-corrected chi connectivity index (χ2v) is 9.89. The molecule has 0 spiro atoms. The van der Waals surface area contributed by atoms with Crippen molar-refractivity contribution in [2.24, 2.45) is 5.92 Å². The van der Waals surface area contributed by atoms with E-state index in [2.05, 4.69) is 10.1 Å². The van der Waals surface area contributed by atoms with Gasteiger partial charge < -0.3 is 14.2 Å². The lowest BCUT2D eigenvalue weighted by Gasteiger charge is -2.30. The summed E-state index contributed by atoms with van der Waals surface area (Å²) in [5.74, 6) is -0.947. The SMILES string of the molecule is COC(=O)Nc1ccc(S(=O)(=O)N2CCCC(C(=O)Oc3ccc(C=C(C#N)C#N)cc3OC)C2)cc1. The normalized spacial score (nSPS) is 15.4. The van der Waals surface area contributed by atoms with Gasteiger partial charge in [-0.2, -0.15) is 14.8 Å². The van der Waals surface area contributed by atoms with E-state index in [-0.39, 0.29) is 35.1 Å². The number of nitriles is 2. The first kappa shape index (κ1) is 27.2. The number of hydrogen-bond acceptors (Lipinski definition) is 9. The second-order valence-electron chi connectivity index (χ2n) is 7.96. The third-order valence-corrected chi connectivity index (χ3v) is 7.47. The summed E-state index contributed by atoms with van der Waals surface area (Å²) in [6.45, 7) is 0.193. The van der Waals surface area contributed by atoms with Crippen molar-refractivity contribution >= 4 is 33.8 Å². The second kappa shape index (κ2) is 12.0. The Morgan fingerprint density at radius 1 is 1.08 bits per heavy atom. The Hall–Kier alpha value is -4.39. The fraction of sp³-hybridized carbons (Fsp3) is 0.280. The summed E-state index contributed by atoms with van der Waals surface area (Å²) in [7, 11) is -1.29. The highest BCUT2D eigenvalue weighted by molar-refractivity contribution is 7.89. The van der Waals surface area contributed by atoms with E-state index >= 15 is 0 Å². The van der Waals surface area contributed by atoms with Gasteiger partial charge in [0.05, 0.1) is 25.0 Å². The van der Waals surface area contributed by atoms with Gasteiger partial charge in [-0.3, -0.25) is 10.1 Å². The Labute approximate surface area is 214 Å². The molecule has 11 nitrogen and oxygen atoms in total. The fourth-order valence-corrected chi connectivity index (χ4v) is 5.21. The van der Waals surface area contributed by atoms with Gasteiger partial charge >= 0.3 is 12.1 Å². The van der Waals surface area contributed by atoms with Crippen LogP contribution in [0, 0.1) is 28.6 Å². The number of nitrogens with one attached hydrogen (secondary N) is 1. The van der Waals surface area contributed by atoms with Crippen LogP contribution in [0.5, 0.6) is 11.5 Å². The number of amides is 1. The number of piperidine rings is 1. The average molecular weight is 525 g/mol. The molecule has 1 aliphatic heterocycles. The molecule has 1 unspecified atom stereocenters. The summed E-state index contributed by atoms with van der Waals surface area (Å²) in [6.07, 6.45) is 1.61. The van der Waals surface area contributed by atoms with Crippen molar-refractivity contribution in [3.63, 3.8) is 0 Å². The zero-order chi connectivity index (χ0) is 27.0. The molecule has 2 aromatic rings. The molecule has 1 amide bonds. The molecule has 1 aliphatic rings. The van der Waals surface area contributed by atoms with Crippen molar-refractivity contribution in [1.29, 1.82) is 10.5 Å². The first-order valence-corrected chi connectivity index (χ1v) is 12.5. The van der Waals surface area contributed by atoms with Crippen molar-refractivity contribution in [3.8, 4) is 23.6 Å². The summed E-state index contributed by atoms with van der Waals surface area (Å²) in [6, 6.07) is 13.7. The molecule has 1 heterocycles. The number of anilines is 1. The molecule has 0 bridgehead atoms. The van der Waals surface area contributed by atoms with Crippen LogP contribution in [0.2, 0.25) is 0 Å². The molecular formula is C25H24N4O7S. The van der Waals surface area contributed by atoms with Gasteiger partial charge in [-0.1, -0.05) is 6.07 Å². The molecule has 1 atom stereocenters. The Kier molecular flexibility index (Phi) is 8.85. The molecule has 1 fully saturated rings. The maximum Gasteiger partial charge on any atom is 0.411 e. The molecule has 192 valence electrons. The first-order chi connectivity index (χ1) is 17.7. The molecular weight excluding hydrogens is 500 g/mol. The molecule has 0 radical (unpaired) electrons. The summed E-state index contributed by atoms with van der Waals surface area (Å²) in [5, 5.41) is 20.3. The van der Waals surface area contributed by atoms with Crippen molar-refractivity contribution in [2.75, 3.05) is 32.6 Å². The highest BCUT2D eigenvalue weighted by atomic mass is 32.2. The van der Waals surface area contributed by atoms with Crippen LogP contribution in [-0.2, 0) is 19.6 Å². The molecule has 37 heavy (non-hydrogen) atoms. The average Bonchev–Trinajstić information content (AvgIpc) is 2.92. The molecule has 0 aliphatic carbocycles. The largest absolute Gasteiger partial charge is 0.493 e.